The molecule has 0 aliphatic heterocycles. The number of aryl methyl sites for hydroxylation is 1. The number of thioether (sulfide) groups is 1. The Hall–Kier alpha value is -3.98. The lowest BCUT2D eigenvalue weighted by Crippen LogP contribution is -2.38. The maximum atomic E-state index is 12.7. The molecule has 0 aliphatic rings. The first-order chi connectivity index (χ1) is 16.0. The fraction of sp³-hybridized carbons (Fsp3) is 0.125. The molecule has 4 aromatic rings. The van der Waals surface area contributed by atoms with Crippen LogP contribution in [0.2, 0.25) is 0 Å². The van der Waals surface area contributed by atoms with Crippen molar-refractivity contribution >= 4 is 29.4 Å². The molecule has 0 spiro atoms. The van der Waals surface area contributed by atoms with Crippen molar-refractivity contribution in [2.75, 3.05) is 5.32 Å². The van der Waals surface area contributed by atoms with Gasteiger partial charge in [0.05, 0.1) is 10.9 Å². The topological polar surface area (TPSA) is 102 Å². The van der Waals surface area contributed by atoms with Crippen LogP contribution in [0.4, 0.5) is 10.5 Å². The molecular formula is C24H22N6O2S. The molecule has 166 valence electrons. The Kier molecular flexibility index (Phi) is 6.80. The van der Waals surface area contributed by atoms with Gasteiger partial charge < -0.3 is 5.32 Å². The molecule has 0 saturated heterocycles. The summed E-state index contributed by atoms with van der Waals surface area (Å²) in [7, 11) is 0. The summed E-state index contributed by atoms with van der Waals surface area (Å²) in [6.45, 7) is 3.73. The standard InChI is InChI=1S/C24H22N6O2S/c1-16-8-6-7-11-20(16)30-21(18-12-14-25-15-13-18)28-29-24(30)33-17(2)22(31)27-23(32)26-19-9-4-3-5-10-19/h3-15,17H,1-2H3,(H2,26,27,31,32). The van der Waals surface area contributed by atoms with Gasteiger partial charge >= 0.3 is 6.03 Å². The largest absolute Gasteiger partial charge is 0.325 e. The number of carbonyl (C=O) groups is 2. The molecule has 3 amide bonds. The van der Waals surface area contributed by atoms with E-state index in [9.17, 15) is 9.59 Å². The third-order valence-corrected chi connectivity index (χ3v) is 5.89. The molecule has 2 heterocycles. The molecule has 2 aromatic carbocycles. The molecule has 33 heavy (non-hydrogen) atoms. The number of benzene rings is 2. The lowest BCUT2D eigenvalue weighted by Gasteiger charge is -2.15. The highest BCUT2D eigenvalue weighted by atomic mass is 32.2. The van der Waals surface area contributed by atoms with Crippen LogP contribution in [0.1, 0.15) is 12.5 Å². The summed E-state index contributed by atoms with van der Waals surface area (Å²) in [5, 5.41) is 13.7. The number of hydrogen-bond donors (Lipinski definition) is 2. The minimum atomic E-state index is -0.594. The second-order valence-electron chi connectivity index (χ2n) is 7.23. The molecule has 1 atom stereocenters. The Bertz CT molecular complexity index is 1260. The van der Waals surface area contributed by atoms with E-state index in [1.54, 1.807) is 43.6 Å². The molecular weight excluding hydrogens is 436 g/mol. The number of anilines is 1. The number of imide groups is 1. The smallest absolute Gasteiger partial charge is 0.308 e. The average Bonchev–Trinajstić information content (AvgIpc) is 3.23. The number of nitrogens with zero attached hydrogens (tertiary/aromatic N) is 4. The number of aromatic nitrogens is 4. The third-order valence-electron chi connectivity index (χ3n) is 4.85. The second-order valence-corrected chi connectivity index (χ2v) is 8.54. The number of hydrogen-bond acceptors (Lipinski definition) is 6. The monoisotopic (exact) mass is 458 g/mol. The first-order valence-corrected chi connectivity index (χ1v) is 11.2. The van der Waals surface area contributed by atoms with Crippen molar-refractivity contribution < 1.29 is 9.59 Å². The highest BCUT2D eigenvalue weighted by molar-refractivity contribution is 8.00. The maximum absolute atomic E-state index is 12.7. The summed E-state index contributed by atoms with van der Waals surface area (Å²) in [5.41, 5.74) is 3.40. The first-order valence-electron chi connectivity index (χ1n) is 10.3. The molecule has 4 rings (SSSR count). The normalized spacial score (nSPS) is 11.6. The van der Waals surface area contributed by atoms with Gasteiger partial charge in [-0.3, -0.25) is 19.7 Å². The second kappa shape index (κ2) is 10.1. The minimum Gasteiger partial charge on any atom is -0.308 e. The number of rotatable bonds is 6. The quantitative estimate of drug-likeness (QED) is 0.414. The Morgan fingerprint density at radius 2 is 1.64 bits per heavy atom. The van der Waals surface area contributed by atoms with E-state index in [1.165, 1.54) is 11.8 Å². The summed E-state index contributed by atoms with van der Waals surface area (Å²) in [6.07, 6.45) is 3.39. The Morgan fingerprint density at radius 3 is 2.36 bits per heavy atom. The van der Waals surface area contributed by atoms with Crippen LogP contribution >= 0.6 is 11.8 Å². The van der Waals surface area contributed by atoms with Crippen LogP contribution in [0.15, 0.2) is 84.3 Å². The number of carbonyl (C=O) groups excluding carboxylic acids is 2. The van der Waals surface area contributed by atoms with E-state index in [0.717, 1.165) is 16.8 Å². The van der Waals surface area contributed by atoms with Gasteiger partial charge in [0.15, 0.2) is 11.0 Å². The molecule has 0 radical (unpaired) electrons. The van der Waals surface area contributed by atoms with Gasteiger partial charge in [-0.25, -0.2) is 4.79 Å². The predicted molar refractivity (Wildman–Crippen MR) is 128 cm³/mol. The summed E-state index contributed by atoms with van der Waals surface area (Å²) >= 11 is 1.23. The van der Waals surface area contributed by atoms with Crippen LogP contribution in [0.5, 0.6) is 0 Å². The molecule has 0 bridgehead atoms. The van der Waals surface area contributed by atoms with E-state index in [-0.39, 0.29) is 0 Å². The van der Waals surface area contributed by atoms with Gasteiger partial charge in [-0.2, -0.15) is 0 Å². The van der Waals surface area contributed by atoms with Crippen molar-refractivity contribution in [3.05, 3.63) is 84.7 Å². The van der Waals surface area contributed by atoms with E-state index in [2.05, 4.69) is 25.8 Å². The van der Waals surface area contributed by atoms with Crippen molar-refractivity contribution in [2.45, 2.75) is 24.3 Å². The number of pyridine rings is 1. The van der Waals surface area contributed by atoms with Crippen LogP contribution < -0.4 is 10.6 Å². The number of amides is 3. The average molecular weight is 459 g/mol. The van der Waals surface area contributed by atoms with Crippen LogP contribution in [0.3, 0.4) is 0 Å². The number of para-hydroxylation sites is 2. The molecule has 9 heteroatoms. The summed E-state index contributed by atoms with van der Waals surface area (Å²) in [6, 6.07) is 19.9. The van der Waals surface area contributed by atoms with Gasteiger partial charge in [-0.15, -0.1) is 10.2 Å². The number of nitrogens with one attached hydrogen (secondary N) is 2. The van der Waals surface area contributed by atoms with E-state index in [4.69, 9.17) is 0 Å². The fourth-order valence-corrected chi connectivity index (χ4v) is 4.04. The summed E-state index contributed by atoms with van der Waals surface area (Å²) < 4.78 is 1.92. The molecule has 2 N–H and O–H groups in total. The van der Waals surface area contributed by atoms with Crippen molar-refractivity contribution in [1.29, 1.82) is 0 Å². The Balaban J connectivity index is 1.56. The molecule has 0 saturated carbocycles. The SMILES string of the molecule is Cc1ccccc1-n1c(SC(C)C(=O)NC(=O)Nc2ccccc2)nnc1-c1ccncc1. The maximum Gasteiger partial charge on any atom is 0.325 e. The first kappa shape index (κ1) is 22.2. The fourth-order valence-electron chi connectivity index (χ4n) is 3.17. The van der Waals surface area contributed by atoms with Crippen molar-refractivity contribution in [1.82, 2.24) is 25.1 Å². The van der Waals surface area contributed by atoms with Crippen molar-refractivity contribution in [2.24, 2.45) is 0 Å². The summed E-state index contributed by atoms with van der Waals surface area (Å²) in [5.74, 6) is 0.210. The molecule has 0 aliphatic carbocycles. The van der Waals surface area contributed by atoms with Crippen LogP contribution in [0.25, 0.3) is 17.1 Å². The van der Waals surface area contributed by atoms with Crippen LogP contribution in [0, 0.1) is 6.92 Å². The lowest BCUT2D eigenvalue weighted by molar-refractivity contribution is -0.119. The molecule has 1 unspecified atom stereocenters. The highest BCUT2D eigenvalue weighted by Gasteiger charge is 2.23. The Labute approximate surface area is 195 Å². The zero-order valence-electron chi connectivity index (χ0n) is 18.1. The lowest BCUT2D eigenvalue weighted by atomic mass is 10.2. The van der Waals surface area contributed by atoms with Gasteiger partial charge in [0.25, 0.3) is 0 Å². The van der Waals surface area contributed by atoms with E-state index in [1.807, 2.05) is 54.0 Å². The van der Waals surface area contributed by atoms with Gasteiger partial charge in [0.2, 0.25) is 5.91 Å². The zero-order valence-corrected chi connectivity index (χ0v) is 18.9. The van der Waals surface area contributed by atoms with Gasteiger partial charge in [-0.1, -0.05) is 48.2 Å². The molecule has 0 fully saturated rings. The summed E-state index contributed by atoms with van der Waals surface area (Å²) in [4.78, 5) is 29.0. The van der Waals surface area contributed by atoms with Gasteiger partial charge in [0.1, 0.15) is 0 Å². The van der Waals surface area contributed by atoms with Crippen molar-refractivity contribution in [3.63, 3.8) is 0 Å². The predicted octanol–water partition coefficient (Wildman–Crippen LogP) is 4.47. The van der Waals surface area contributed by atoms with Crippen LogP contribution in [-0.4, -0.2) is 36.9 Å². The van der Waals surface area contributed by atoms with Gasteiger partial charge in [-0.05, 0) is 49.7 Å². The van der Waals surface area contributed by atoms with Crippen molar-refractivity contribution in [3.8, 4) is 17.1 Å². The molecule has 8 nitrogen and oxygen atoms in total. The van der Waals surface area contributed by atoms with Crippen LogP contribution in [-0.2, 0) is 4.79 Å². The van der Waals surface area contributed by atoms with E-state index >= 15 is 0 Å². The Morgan fingerprint density at radius 1 is 0.939 bits per heavy atom. The molecule has 2 aromatic heterocycles. The van der Waals surface area contributed by atoms with E-state index in [0.29, 0.717) is 16.7 Å². The van der Waals surface area contributed by atoms with E-state index < -0.39 is 17.2 Å². The zero-order chi connectivity index (χ0) is 23.2. The highest BCUT2D eigenvalue weighted by Crippen LogP contribution is 2.31. The minimum absolute atomic E-state index is 0.432. The third kappa shape index (κ3) is 5.27. The van der Waals surface area contributed by atoms with Gasteiger partial charge in [0, 0.05) is 23.6 Å². The number of urea groups is 1.